The average molecular weight is 356 g/mol. The van der Waals surface area contributed by atoms with E-state index in [0.717, 1.165) is 6.42 Å². The Morgan fingerprint density at radius 2 is 1.81 bits per heavy atom. The molecule has 21 heavy (non-hydrogen) atoms. The molecule has 114 valence electrons. The summed E-state index contributed by atoms with van der Waals surface area (Å²) in [5.74, 6) is -0.543. The molecule has 2 bridgehead atoms. The van der Waals surface area contributed by atoms with Crippen molar-refractivity contribution in [2.24, 2.45) is 23.7 Å². The third kappa shape index (κ3) is 2.33. The monoisotopic (exact) mass is 355 g/mol. The number of imide groups is 1. The van der Waals surface area contributed by atoms with Crippen molar-refractivity contribution < 1.29 is 19.1 Å². The highest BCUT2D eigenvalue weighted by Crippen LogP contribution is 2.52. The number of esters is 1. The van der Waals surface area contributed by atoms with Gasteiger partial charge in [-0.25, -0.2) is 0 Å². The smallest absolute Gasteiger partial charge is 0.322 e. The van der Waals surface area contributed by atoms with Gasteiger partial charge in [-0.3, -0.25) is 19.3 Å². The van der Waals surface area contributed by atoms with Gasteiger partial charge >= 0.3 is 5.97 Å². The molecule has 0 aromatic heterocycles. The van der Waals surface area contributed by atoms with Crippen LogP contribution in [-0.4, -0.2) is 40.2 Å². The standard InChI is InChI=1S/C15H18BrNO4/c1-15(2,16)14(20)21-6-5-17-12(18)10-8-3-4-9(7-8)11(10)13(17)19/h3-4,8-11H,5-7H2,1-2H3/t8?,9?,10-,11+. The minimum atomic E-state index is -0.758. The Kier molecular flexibility index (Phi) is 3.47. The van der Waals surface area contributed by atoms with Crippen LogP contribution in [0.5, 0.6) is 0 Å². The first kappa shape index (κ1) is 14.8. The van der Waals surface area contributed by atoms with Gasteiger partial charge in [-0.2, -0.15) is 0 Å². The van der Waals surface area contributed by atoms with Gasteiger partial charge in [0.15, 0.2) is 0 Å². The minimum Gasteiger partial charge on any atom is -0.463 e. The molecule has 3 rings (SSSR count). The van der Waals surface area contributed by atoms with E-state index in [1.807, 2.05) is 0 Å². The fourth-order valence-corrected chi connectivity index (χ4v) is 3.70. The van der Waals surface area contributed by atoms with E-state index in [4.69, 9.17) is 4.74 Å². The van der Waals surface area contributed by atoms with Gasteiger partial charge in [-0.05, 0) is 32.1 Å². The van der Waals surface area contributed by atoms with Gasteiger partial charge in [0.2, 0.25) is 11.8 Å². The maximum absolute atomic E-state index is 12.4. The van der Waals surface area contributed by atoms with Crippen LogP contribution in [0, 0.1) is 23.7 Å². The number of alkyl halides is 1. The molecule has 2 aliphatic carbocycles. The first-order valence-electron chi connectivity index (χ1n) is 7.20. The molecular weight excluding hydrogens is 338 g/mol. The van der Waals surface area contributed by atoms with Crippen LogP contribution in [0.15, 0.2) is 12.2 Å². The quantitative estimate of drug-likeness (QED) is 0.332. The van der Waals surface area contributed by atoms with Gasteiger partial charge in [0.1, 0.15) is 10.9 Å². The zero-order valence-electron chi connectivity index (χ0n) is 12.0. The molecule has 1 saturated carbocycles. The number of allylic oxidation sites excluding steroid dienone is 2. The molecule has 0 aromatic carbocycles. The third-order valence-corrected chi connectivity index (χ3v) is 4.92. The van der Waals surface area contributed by atoms with Gasteiger partial charge in [0.05, 0.1) is 18.4 Å². The Balaban J connectivity index is 1.60. The molecule has 1 heterocycles. The summed E-state index contributed by atoms with van der Waals surface area (Å²) in [6, 6.07) is 0. The van der Waals surface area contributed by atoms with E-state index < -0.39 is 10.3 Å². The van der Waals surface area contributed by atoms with E-state index in [1.165, 1.54) is 4.90 Å². The lowest BCUT2D eigenvalue weighted by atomic mass is 9.85. The predicted octanol–water partition coefficient (Wildman–Crippen LogP) is 1.51. The zero-order valence-corrected chi connectivity index (χ0v) is 13.6. The van der Waals surface area contributed by atoms with E-state index in [-0.39, 0.29) is 48.6 Å². The molecule has 6 heteroatoms. The molecule has 0 radical (unpaired) electrons. The van der Waals surface area contributed by atoms with Crippen molar-refractivity contribution >= 4 is 33.7 Å². The molecule has 2 fully saturated rings. The summed E-state index contributed by atoms with van der Waals surface area (Å²) in [5, 5.41) is 0. The molecule has 4 atom stereocenters. The first-order chi connectivity index (χ1) is 9.80. The topological polar surface area (TPSA) is 63.7 Å². The Labute approximate surface area is 131 Å². The highest BCUT2D eigenvalue weighted by atomic mass is 79.9. The Bertz CT molecular complexity index is 506. The lowest BCUT2D eigenvalue weighted by Gasteiger charge is -2.19. The average Bonchev–Trinajstić information content (AvgIpc) is 3.06. The Morgan fingerprint density at radius 1 is 1.29 bits per heavy atom. The number of carbonyl (C=O) groups is 3. The van der Waals surface area contributed by atoms with Crippen molar-refractivity contribution in [1.82, 2.24) is 4.90 Å². The van der Waals surface area contributed by atoms with Gasteiger partial charge in [0.25, 0.3) is 0 Å². The van der Waals surface area contributed by atoms with Gasteiger partial charge in [0, 0.05) is 0 Å². The lowest BCUT2D eigenvalue weighted by molar-refractivity contribution is -0.150. The van der Waals surface area contributed by atoms with Crippen LogP contribution < -0.4 is 0 Å². The number of fused-ring (bicyclic) bond motifs is 5. The molecule has 1 saturated heterocycles. The number of carbonyl (C=O) groups excluding carboxylic acids is 3. The fourth-order valence-electron chi connectivity index (χ4n) is 3.59. The van der Waals surface area contributed by atoms with Crippen molar-refractivity contribution in [2.75, 3.05) is 13.2 Å². The predicted molar refractivity (Wildman–Crippen MR) is 78.4 cm³/mol. The molecular formula is C15H18BrNO4. The molecule has 3 aliphatic rings. The summed E-state index contributed by atoms with van der Waals surface area (Å²) in [4.78, 5) is 37.7. The number of nitrogens with zero attached hydrogens (tertiary/aromatic N) is 1. The van der Waals surface area contributed by atoms with Crippen LogP contribution in [0.3, 0.4) is 0 Å². The Hall–Kier alpha value is -1.17. The Morgan fingerprint density at radius 3 is 2.29 bits per heavy atom. The molecule has 0 N–H and O–H groups in total. The number of ether oxygens (including phenoxy) is 1. The third-order valence-electron chi connectivity index (χ3n) is 4.60. The molecule has 0 spiro atoms. The largest absolute Gasteiger partial charge is 0.463 e. The fraction of sp³-hybridized carbons (Fsp3) is 0.667. The first-order valence-corrected chi connectivity index (χ1v) is 7.99. The van der Waals surface area contributed by atoms with E-state index in [9.17, 15) is 14.4 Å². The summed E-state index contributed by atoms with van der Waals surface area (Å²) in [6.45, 7) is 3.58. The number of likely N-dealkylation sites (tertiary alicyclic amines) is 1. The van der Waals surface area contributed by atoms with Crippen molar-refractivity contribution in [1.29, 1.82) is 0 Å². The summed E-state index contributed by atoms with van der Waals surface area (Å²) in [7, 11) is 0. The van der Waals surface area contributed by atoms with Crippen molar-refractivity contribution in [2.45, 2.75) is 24.6 Å². The summed E-state index contributed by atoms with van der Waals surface area (Å²) >= 11 is 3.21. The molecule has 1 aliphatic heterocycles. The van der Waals surface area contributed by atoms with Gasteiger partial charge in [-0.1, -0.05) is 28.1 Å². The van der Waals surface area contributed by atoms with Crippen LogP contribution in [0.1, 0.15) is 20.3 Å². The number of halogens is 1. The maximum atomic E-state index is 12.4. The number of hydrogen-bond acceptors (Lipinski definition) is 4. The highest BCUT2D eigenvalue weighted by molar-refractivity contribution is 9.10. The molecule has 5 nitrogen and oxygen atoms in total. The van der Waals surface area contributed by atoms with Crippen molar-refractivity contribution in [3.63, 3.8) is 0 Å². The number of hydrogen-bond donors (Lipinski definition) is 0. The zero-order chi connectivity index (χ0) is 15.4. The highest BCUT2D eigenvalue weighted by Gasteiger charge is 2.59. The lowest BCUT2D eigenvalue weighted by Crippen LogP contribution is -2.37. The molecule has 2 unspecified atom stereocenters. The van der Waals surface area contributed by atoms with Crippen LogP contribution in [-0.2, 0) is 19.1 Å². The number of rotatable bonds is 4. The van der Waals surface area contributed by atoms with E-state index in [1.54, 1.807) is 13.8 Å². The second-order valence-electron chi connectivity index (χ2n) is 6.44. The van der Waals surface area contributed by atoms with Crippen LogP contribution in [0.25, 0.3) is 0 Å². The van der Waals surface area contributed by atoms with E-state index in [0.29, 0.717) is 0 Å². The minimum absolute atomic E-state index is 0.0492. The summed E-state index contributed by atoms with van der Waals surface area (Å²) < 4.78 is 4.35. The van der Waals surface area contributed by atoms with Crippen molar-refractivity contribution in [3.8, 4) is 0 Å². The molecule has 2 amide bonds. The SMILES string of the molecule is CC(C)(Br)C(=O)OCCN1C(=O)[C@@H]2C3C=CC(C3)[C@@H]2C1=O. The van der Waals surface area contributed by atoms with Gasteiger partial charge < -0.3 is 4.74 Å². The van der Waals surface area contributed by atoms with E-state index >= 15 is 0 Å². The van der Waals surface area contributed by atoms with Gasteiger partial charge in [-0.15, -0.1) is 0 Å². The number of amides is 2. The van der Waals surface area contributed by atoms with Crippen LogP contribution in [0.2, 0.25) is 0 Å². The van der Waals surface area contributed by atoms with Crippen molar-refractivity contribution in [3.05, 3.63) is 12.2 Å². The second kappa shape index (κ2) is 4.93. The maximum Gasteiger partial charge on any atom is 0.322 e. The van der Waals surface area contributed by atoms with Crippen LogP contribution in [0.4, 0.5) is 0 Å². The summed E-state index contributed by atoms with van der Waals surface area (Å²) in [5.41, 5.74) is 0. The van der Waals surface area contributed by atoms with Crippen LogP contribution >= 0.6 is 15.9 Å². The molecule has 0 aromatic rings. The normalized spacial score (nSPS) is 33.8. The second-order valence-corrected chi connectivity index (χ2v) is 8.42. The van der Waals surface area contributed by atoms with E-state index in [2.05, 4.69) is 28.1 Å². The summed E-state index contributed by atoms with van der Waals surface area (Å²) in [6.07, 6.45) is 5.05.